The van der Waals surface area contributed by atoms with Gasteiger partial charge in [-0.2, -0.15) is 0 Å². The van der Waals surface area contributed by atoms with E-state index in [4.69, 9.17) is 5.73 Å². The molecule has 2 N–H and O–H groups in total. The number of rotatable bonds is 4. The van der Waals surface area contributed by atoms with Crippen molar-refractivity contribution >= 4 is 30.7 Å². The van der Waals surface area contributed by atoms with Crippen molar-refractivity contribution in [3.05, 3.63) is 35.9 Å². The summed E-state index contributed by atoms with van der Waals surface area (Å²) in [5.41, 5.74) is 7.48. The molecule has 0 spiro atoms. The molecule has 26 heavy (non-hydrogen) atoms. The smallest absolute Gasteiger partial charge is 0.223 e. The van der Waals surface area contributed by atoms with Gasteiger partial charge in [-0.3, -0.25) is 9.69 Å². The fraction of sp³-hybridized carbons (Fsp3) is 0.650. The molecule has 1 heterocycles. The summed E-state index contributed by atoms with van der Waals surface area (Å²) in [6.45, 7) is 8.01. The Balaban J connectivity index is 0.00000169. The molecule has 1 aliphatic heterocycles. The molecule has 1 aromatic carbocycles. The van der Waals surface area contributed by atoms with Crippen LogP contribution >= 0.6 is 24.8 Å². The second kappa shape index (κ2) is 9.93. The third-order valence-corrected chi connectivity index (χ3v) is 5.80. The van der Waals surface area contributed by atoms with Gasteiger partial charge in [0.15, 0.2) is 0 Å². The largest absolute Gasteiger partial charge is 0.340 e. The van der Waals surface area contributed by atoms with Crippen LogP contribution in [0.2, 0.25) is 0 Å². The van der Waals surface area contributed by atoms with E-state index in [0.717, 1.165) is 39.0 Å². The van der Waals surface area contributed by atoms with Crippen LogP contribution in [0.4, 0.5) is 0 Å². The van der Waals surface area contributed by atoms with Crippen molar-refractivity contribution in [2.45, 2.75) is 57.7 Å². The number of piperazine rings is 1. The van der Waals surface area contributed by atoms with Gasteiger partial charge < -0.3 is 10.6 Å². The molecule has 1 amide bonds. The predicted molar refractivity (Wildman–Crippen MR) is 112 cm³/mol. The highest BCUT2D eigenvalue weighted by molar-refractivity contribution is 5.85. The van der Waals surface area contributed by atoms with Crippen molar-refractivity contribution in [1.29, 1.82) is 0 Å². The summed E-state index contributed by atoms with van der Waals surface area (Å²) in [4.78, 5) is 17.3. The second-order valence-electron chi connectivity index (χ2n) is 8.09. The van der Waals surface area contributed by atoms with Crippen LogP contribution in [0, 0.1) is 5.92 Å². The van der Waals surface area contributed by atoms with Gasteiger partial charge in [0.1, 0.15) is 0 Å². The van der Waals surface area contributed by atoms with E-state index in [1.54, 1.807) is 0 Å². The van der Waals surface area contributed by atoms with E-state index in [-0.39, 0.29) is 36.4 Å². The summed E-state index contributed by atoms with van der Waals surface area (Å²) in [6.07, 6.45) is 4.00. The molecule has 2 fully saturated rings. The minimum Gasteiger partial charge on any atom is -0.340 e. The highest BCUT2D eigenvalue weighted by Crippen LogP contribution is 2.29. The first-order valence-corrected chi connectivity index (χ1v) is 9.28. The molecule has 0 unspecified atom stereocenters. The Hall–Kier alpha value is -0.810. The van der Waals surface area contributed by atoms with Crippen molar-refractivity contribution in [1.82, 2.24) is 9.80 Å². The fourth-order valence-electron chi connectivity index (χ4n) is 4.17. The maximum Gasteiger partial charge on any atom is 0.223 e. The zero-order valence-electron chi connectivity index (χ0n) is 15.9. The summed E-state index contributed by atoms with van der Waals surface area (Å²) in [5.74, 6) is 0.688. The highest BCUT2D eigenvalue weighted by Gasteiger charge is 2.36. The average Bonchev–Trinajstić information content (AvgIpc) is 2.95. The topological polar surface area (TPSA) is 49.6 Å². The standard InChI is InChI=1S/C20H31N3O.2ClH/c1-20(2)15-22(19(24)13-17-9-6-10-18(17)21)11-12-23(20)14-16-7-4-3-5-8-16;;/h3-5,7-8,17-18H,6,9-15,21H2,1-2H3;2*1H/t17-,18+;;/m0../s1. The number of halogens is 2. The summed E-state index contributed by atoms with van der Waals surface area (Å²) >= 11 is 0. The van der Waals surface area contributed by atoms with Gasteiger partial charge in [0.2, 0.25) is 5.91 Å². The van der Waals surface area contributed by atoms with Gasteiger partial charge in [-0.15, -0.1) is 24.8 Å². The molecule has 1 aliphatic carbocycles. The molecule has 1 aromatic rings. The first-order chi connectivity index (χ1) is 11.5. The Morgan fingerprint density at radius 3 is 2.42 bits per heavy atom. The Morgan fingerprint density at radius 2 is 1.85 bits per heavy atom. The Kier molecular flexibility index (Phi) is 8.87. The summed E-state index contributed by atoms with van der Waals surface area (Å²) in [5, 5.41) is 0. The van der Waals surface area contributed by atoms with Crippen LogP contribution in [0.25, 0.3) is 0 Å². The van der Waals surface area contributed by atoms with Gasteiger partial charge in [0.05, 0.1) is 0 Å². The van der Waals surface area contributed by atoms with E-state index < -0.39 is 0 Å². The molecular weight excluding hydrogens is 369 g/mol. The third-order valence-electron chi connectivity index (χ3n) is 5.80. The van der Waals surface area contributed by atoms with Gasteiger partial charge in [-0.25, -0.2) is 0 Å². The summed E-state index contributed by atoms with van der Waals surface area (Å²) in [6, 6.07) is 10.8. The van der Waals surface area contributed by atoms with E-state index in [0.29, 0.717) is 18.2 Å². The number of hydrogen-bond donors (Lipinski definition) is 1. The van der Waals surface area contributed by atoms with Crippen molar-refractivity contribution < 1.29 is 4.79 Å². The lowest BCUT2D eigenvalue weighted by atomic mass is 9.95. The minimum atomic E-state index is 0. The van der Waals surface area contributed by atoms with Crippen molar-refractivity contribution in [2.75, 3.05) is 19.6 Å². The summed E-state index contributed by atoms with van der Waals surface area (Å²) in [7, 11) is 0. The lowest BCUT2D eigenvalue weighted by Crippen LogP contribution is -2.60. The SMILES string of the molecule is CC1(C)CN(C(=O)C[C@@H]2CCC[C@H]2N)CCN1Cc1ccccc1.Cl.Cl. The van der Waals surface area contributed by atoms with E-state index >= 15 is 0 Å². The molecule has 148 valence electrons. The normalized spacial score (nSPS) is 25.3. The number of nitrogens with zero attached hydrogens (tertiary/aromatic N) is 2. The number of benzene rings is 1. The van der Waals surface area contributed by atoms with Crippen molar-refractivity contribution in [3.63, 3.8) is 0 Å². The monoisotopic (exact) mass is 401 g/mol. The summed E-state index contributed by atoms with van der Waals surface area (Å²) < 4.78 is 0. The Morgan fingerprint density at radius 1 is 1.15 bits per heavy atom. The lowest BCUT2D eigenvalue weighted by molar-refractivity contribution is -0.137. The molecule has 3 rings (SSSR count). The highest BCUT2D eigenvalue weighted by atomic mass is 35.5. The number of hydrogen-bond acceptors (Lipinski definition) is 3. The van der Waals surface area contributed by atoms with Gasteiger partial charge in [-0.1, -0.05) is 36.8 Å². The van der Waals surface area contributed by atoms with Crippen LogP contribution in [0.5, 0.6) is 0 Å². The Labute approximate surface area is 170 Å². The maximum absolute atomic E-state index is 12.7. The first kappa shape index (κ1) is 23.2. The maximum atomic E-state index is 12.7. The van der Waals surface area contributed by atoms with E-state index in [1.165, 1.54) is 12.0 Å². The van der Waals surface area contributed by atoms with Crippen LogP contribution in [0.15, 0.2) is 30.3 Å². The van der Waals surface area contributed by atoms with Gasteiger partial charge in [0, 0.05) is 44.2 Å². The van der Waals surface area contributed by atoms with Crippen LogP contribution in [-0.4, -0.2) is 46.9 Å². The van der Waals surface area contributed by atoms with Crippen LogP contribution < -0.4 is 5.73 Å². The van der Waals surface area contributed by atoms with Crippen LogP contribution in [0.3, 0.4) is 0 Å². The zero-order chi connectivity index (χ0) is 17.2. The van der Waals surface area contributed by atoms with E-state index in [1.807, 2.05) is 0 Å². The molecule has 1 saturated heterocycles. The molecule has 6 heteroatoms. The Bertz CT molecular complexity index is 567. The quantitative estimate of drug-likeness (QED) is 0.839. The van der Waals surface area contributed by atoms with Crippen LogP contribution in [-0.2, 0) is 11.3 Å². The number of nitrogens with two attached hydrogens (primary N) is 1. The van der Waals surface area contributed by atoms with E-state index in [9.17, 15) is 4.79 Å². The number of carbonyl (C=O) groups excluding carboxylic acids is 1. The van der Waals surface area contributed by atoms with Gasteiger partial charge in [-0.05, 0) is 38.2 Å². The number of carbonyl (C=O) groups is 1. The third kappa shape index (κ3) is 5.59. The first-order valence-electron chi connectivity index (χ1n) is 9.28. The van der Waals surface area contributed by atoms with Crippen molar-refractivity contribution in [3.8, 4) is 0 Å². The fourth-order valence-corrected chi connectivity index (χ4v) is 4.17. The molecule has 0 radical (unpaired) electrons. The molecular formula is C20H33Cl2N3O. The molecule has 4 nitrogen and oxygen atoms in total. The number of amides is 1. The molecule has 2 aliphatic rings. The molecule has 2 atom stereocenters. The van der Waals surface area contributed by atoms with Crippen LogP contribution in [0.1, 0.15) is 45.1 Å². The van der Waals surface area contributed by atoms with E-state index in [2.05, 4.69) is 54.0 Å². The van der Waals surface area contributed by atoms with Crippen molar-refractivity contribution in [2.24, 2.45) is 11.7 Å². The van der Waals surface area contributed by atoms with Gasteiger partial charge >= 0.3 is 0 Å². The lowest BCUT2D eigenvalue weighted by Gasteiger charge is -2.47. The second-order valence-corrected chi connectivity index (χ2v) is 8.09. The average molecular weight is 402 g/mol. The zero-order valence-corrected chi connectivity index (χ0v) is 17.5. The molecule has 1 saturated carbocycles. The predicted octanol–water partition coefficient (Wildman–Crippen LogP) is 3.47. The van der Waals surface area contributed by atoms with Gasteiger partial charge in [0.25, 0.3) is 0 Å². The molecule has 0 aromatic heterocycles. The molecule has 0 bridgehead atoms. The minimum absolute atomic E-state index is 0.